The molecule has 0 saturated carbocycles. The molecule has 1 aromatic heterocycles. The van der Waals surface area contributed by atoms with Gasteiger partial charge >= 0.3 is 25.8 Å². The molecule has 5 nitrogen and oxygen atoms in total. The van der Waals surface area contributed by atoms with E-state index in [-0.39, 0.29) is 39.3 Å². The van der Waals surface area contributed by atoms with Crippen LogP contribution in [-0.4, -0.2) is 33.2 Å². The van der Waals surface area contributed by atoms with Crippen molar-refractivity contribution < 1.29 is 30.3 Å². The van der Waals surface area contributed by atoms with Gasteiger partial charge in [-0.1, -0.05) is 141 Å². The zero-order valence-electron chi connectivity index (χ0n) is 28.3. The molecule has 0 spiro atoms. The van der Waals surface area contributed by atoms with Crippen LogP contribution in [0.25, 0.3) is 38.7 Å². The molecule has 1 heterocycles. The van der Waals surface area contributed by atoms with Gasteiger partial charge in [0.2, 0.25) is 5.89 Å². The first-order chi connectivity index (χ1) is 20.9. The first-order valence-corrected chi connectivity index (χ1v) is 14.8. The van der Waals surface area contributed by atoms with Crippen molar-refractivity contribution in [2.45, 2.75) is 45.6 Å². The van der Waals surface area contributed by atoms with Crippen LogP contribution in [0.4, 0.5) is 5.69 Å². The first kappa shape index (κ1) is 39.7. The van der Waals surface area contributed by atoms with Gasteiger partial charge in [-0.3, -0.25) is 0 Å². The van der Waals surface area contributed by atoms with Crippen molar-refractivity contribution in [2.75, 3.05) is 28.2 Å². The predicted molar refractivity (Wildman–Crippen MR) is 190 cm³/mol. The molecule has 1 atom stereocenters. The zero-order valence-corrected chi connectivity index (χ0v) is 31.9. The number of nitrogens with zero attached hydrogens (tertiary/aromatic N) is 4. The Morgan fingerprint density at radius 3 is 1.44 bits per heavy atom. The summed E-state index contributed by atoms with van der Waals surface area (Å²) in [6, 6.07) is 37.0. The van der Waals surface area contributed by atoms with E-state index in [0.29, 0.717) is 17.7 Å². The van der Waals surface area contributed by atoms with E-state index >= 15 is 0 Å². The monoisotopic (exact) mass is 768 g/mol. The summed E-state index contributed by atoms with van der Waals surface area (Å²) < 4.78 is 6.51. The Morgan fingerprint density at radius 1 is 0.578 bits per heavy atom. The second-order valence-electron chi connectivity index (χ2n) is 10.9. The van der Waals surface area contributed by atoms with E-state index in [0.717, 1.165) is 33.8 Å². The molecule has 0 fully saturated rings. The minimum absolute atomic E-state index is 0. The third-order valence-corrected chi connectivity index (χ3v) is 6.69. The molecule has 6 heteroatoms. The van der Waals surface area contributed by atoms with Crippen LogP contribution in [-0.2, 0) is 25.8 Å². The van der Waals surface area contributed by atoms with Crippen molar-refractivity contribution in [3.8, 4) is 22.8 Å². The third-order valence-electron chi connectivity index (χ3n) is 6.69. The van der Waals surface area contributed by atoms with E-state index in [1.165, 1.54) is 11.1 Å². The fourth-order valence-electron chi connectivity index (χ4n) is 4.74. The molecule has 5 rings (SSSR count). The van der Waals surface area contributed by atoms with Gasteiger partial charge in [0.05, 0.1) is 5.69 Å². The molecule has 0 aliphatic rings. The Morgan fingerprint density at radius 2 is 1.00 bits per heavy atom. The summed E-state index contributed by atoms with van der Waals surface area (Å²) in [7, 11) is 7.00. The molecule has 1 unspecified atom stereocenters. The Labute approximate surface area is 291 Å². The van der Waals surface area contributed by atoms with Crippen LogP contribution < -0.4 is 0 Å². The molecule has 4 aromatic carbocycles. The summed E-state index contributed by atoms with van der Waals surface area (Å²) >= 11 is 0. The third kappa shape index (κ3) is 10.9. The van der Waals surface area contributed by atoms with Gasteiger partial charge in [-0.05, 0) is 30.0 Å². The number of hydrogen-bond acceptors (Lipinski definition) is 2. The van der Waals surface area contributed by atoms with Crippen LogP contribution >= 0.6 is 0 Å². The van der Waals surface area contributed by atoms with Gasteiger partial charge in [0.25, 0.3) is 0 Å². The van der Waals surface area contributed by atoms with Crippen molar-refractivity contribution in [2.24, 2.45) is 0 Å². The number of rotatable bonds is 8. The van der Waals surface area contributed by atoms with Gasteiger partial charge < -0.3 is 27.8 Å². The van der Waals surface area contributed by atoms with Gasteiger partial charge in [0, 0.05) is 11.1 Å². The van der Waals surface area contributed by atoms with Crippen LogP contribution in [0.2, 0.25) is 0 Å². The first-order valence-electron chi connectivity index (χ1n) is 14.8. The van der Waals surface area contributed by atoms with Crippen molar-refractivity contribution in [1.82, 2.24) is 4.98 Å². The average molecular weight is 767 g/mol. The van der Waals surface area contributed by atoms with Crippen molar-refractivity contribution >= 4 is 5.69 Å². The van der Waals surface area contributed by atoms with Crippen molar-refractivity contribution in [1.29, 1.82) is 0 Å². The van der Waals surface area contributed by atoms with Crippen LogP contribution in [0, 0.1) is 7.43 Å². The molecule has 234 valence electrons. The van der Waals surface area contributed by atoms with Gasteiger partial charge in [0.1, 0.15) is 0 Å². The largest absolute Gasteiger partial charge is 4.00 e. The standard InChI is InChI=1S/C34H33N2O.2C2H6N.CH3.Hf/c1-23(2)28-21-14-22-29(24(3)4)31(28)35-30(25-15-8-5-9-16-25)32-33(26-17-10-6-11-18-26)37-34(36-32)27-19-12-7-13-20-27;2*1-3-2;;/h5-24,30H,1-4H3;2*1-2H3;1H3;/q4*-1;+4. The minimum atomic E-state index is -0.324. The molecule has 0 aliphatic heterocycles. The number of hydrogen-bond donors (Lipinski definition) is 0. The summed E-state index contributed by atoms with van der Waals surface area (Å²) in [4.78, 5) is 5.12. The number of para-hydroxylation sites is 1. The summed E-state index contributed by atoms with van der Waals surface area (Å²) in [6.07, 6.45) is 0. The maximum atomic E-state index is 6.51. The summed E-state index contributed by atoms with van der Waals surface area (Å²) in [5.41, 5.74) is 7.41. The molecule has 45 heavy (non-hydrogen) atoms. The Balaban J connectivity index is 0.00000117. The molecule has 0 aliphatic carbocycles. The fraction of sp³-hybridized carbons (Fsp3) is 0.282. The molecule has 0 saturated heterocycles. The van der Waals surface area contributed by atoms with Gasteiger partial charge in [-0.2, -0.15) is 28.2 Å². The number of aromatic nitrogens is 1. The van der Waals surface area contributed by atoms with Crippen LogP contribution in [0.1, 0.15) is 68.0 Å². The maximum absolute atomic E-state index is 6.51. The van der Waals surface area contributed by atoms with Crippen molar-refractivity contribution in [3.05, 3.63) is 155 Å². The zero-order chi connectivity index (χ0) is 31.2. The van der Waals surface area contributed by atoms with E-state index < -0.39 is 0 Å². The number of benzene rings is 4. The summed E-state index contributed by atoms with van der Waals surface area (Å²) in [6.45, 7) is 8.92. The fourth-order valence-corrected chi connectivity index (χ4v) is 4.74. The molecular formula is C39H48HfN4O. The molecule has 5 aromatic rings. The average Bonchev–Trinajstić information content (AvgIpc) is 3.47. The maximum Gasteiger partial charge on any atom is 4.00 e. The van der Waals surface area contributed by atoms with Gasteiger partial charge in [0.15, 0.2) is 5.76 Å². The molecule has 0 N–H and O–H groups in total. The Hall–Kier alpha value is -3.32. The predicted octanol–water partition coefficient (Wildman–Crippen LogP) is 11.7. The van der Waals surface area contributed by atoms with Crippen LogP contribution in [0.3, 0.4) is 0 Å². The van der Waals surface area contributed by atoms with E-state index in [4.69, 9.17) is 14.7 Å². The smallest absolute Gasteiger partial charge is 0.673 e. The normalized spacial score (nSPS) is 10.8. The van der Waals surface area contributed by atoms with Crippen molar-refractivity contribution in [3.63, 3.8) is 0 Å². The molecule has 0 radical (unpaired) electrons. The topological polar surface area (TPSA) is 68.3 Å². The molecule has 0 amide bonds. The van der Waals surface area contributed by atoms with Gasteiger partial charge in [-0.15, -0.1) is 5.69 Å². The van der Waals surface area contributed by atoms with Crippen LogP contribution in [0.15, 0.2) is 114 Å². The van der Waals surface area contributed by atoms with E-state index in [2.05, 4.69) is 92.9 Å². The Bertz CT molecular complexity index is 1460. The second kappa shape index (κ2) is 20.7. The molecular weight excluding hydrogens is 719 g/mol. The minimum Gasteiger partial charge on any atom is -0.673 e. The van der Waals surface area contributed by atoms with Crippen LogP contribution in [0.5, 0.6) is 0 Å². The molecule has 0 bridgehead atoms. The number of oxazole rings is 1. The van der Waals surface area contributed by atoms with E-state index in [1.54, 1.807) is 28.2 Å². The van der Waals surface area contributed by atoms with Gasteiger partial charge in [-0.25, -0.2) is 4.98 Å². The summed E-state index contributed by atoms with van der Waals surface area (Å²) in [5, 5.41) is 12.5. The quantitative estimate of drug-likeness (QED) is 0.117. The second-order valence-corrected chi connectivity index (χ2v) is 10.9. The SMILES string of the molecule is CC(C)c1cccc(C(C)C)c1[N-]C(c1ccccc1)c1nc(-c2ccccc2)oc1-c1ccccc1.C[N-]C.C[N-]C.[CH3-].[Hf+4]. The van der Waals surface area contributed by atoms with E-state index in [9.17, 15) is 0 Å². The summed E-state index contributed by atoms with van der Waals surface area (Å²) in [5.74, 6) is 2.05. The Kier molecular flexibility index (Phi) is 18.2. The van der Waals surface area contributed by atoms with E-state index in [1.807, 2.05) is 54.6 Å².